The molecule has 86 valence electrons. The van der Waals surface area contributed by atoms with Gasteiger partial charge in [-0.05, 0) is 24.1 Å². The van der Waals surface area contributed by atoms with Crippen LogP contribution >= 0.6 is 0 Å². The van der Waals surface area contributed by atoms with Gasteiger partial charge in [-0.25, -0.2) is 0 Å². The average molecular weight is 219 g/mol. The third kappa shape index (κ3) is 4.26. The quantitative estimate of drug-likeness (QED) is 0.827. The highest BCUT2D eigenvalue weighted by molar-refractivity contribution is 5.88. The molecule has 0 aliphatic rings. The van der Waals surface area contributed by atoms with Crippen LogP contribution in [0.5, 0.6) is 0 Å². The van der Waals surface area contributed by atoms with Crippen LogP contribution in [-0.2, 0) is 16.0 Å². The normalized spacial score (nSPS) is 9.88. The molecule has 1 aromatic rings. The zero-order valence-electron chi connectivity index (χ0n) is 9.75. The maximum atomic E-state index is 11.1. The van der Waals surface area contributed by atoms with E-state index in [1.54, 1.807) is 0 Å². The van der Waals surface area contributed by atoms with Gasteiger partial charge in [-0.15, -0.1) is 0 Å². The van der Waals surface area contributed by atoms with Gasteiger partial charge in [-0.2, -0.15) is 0 Å². The molecule has 0 atom stereocenters. The van der Waals surface area contributed by atoms with Gasteiger partial charge in [0, 0.05) is 25.5 Å². The van der Waals surface area contributed by atoms with Crippen LogP contribution in [0.3, 0.4) is 0 Å². The van der Waals surface area contributed by atoms with Crippen molar-refractivity contribution in [2.75, 3.05) is 5.32 Å². The second kappa shape index (κ2) is 6.05. The number of benzene rings is 1. The zero-order chi connectivity index (χ0) is 12.0. The third-order valence-electron chi connectivity index (χ3n) is 2.36. The lowest BCUT2D eigenvalue weighted by molar-refractivity contribution is -0.118. The molecule has 16 heavy (non-hydrogen) atoms. The van der Waals surface area contributed by atoms with Crippen molar-refractivity contribution in [3.63, 3.8) is 0 Å². The van der Waals surface area contributed by atoms with Gasteiger partial charge in [0.2, 0.25) is 5.91 Å². The Hall–Kier alpha value is -1.64. The van der Waals surface area contributed by atoms with Crippen molar-refractivity contribution >= 4 is 17.4 Å². The lowest BCUT2D eigenvalue weighted by Crippen LogP contribution is -2.05. The number of anilines is 1. The molecule has 0 bridgehead atoms. The molecule has 0 aliphatic heterocycles. The van der Waals surface area contributed by atoms with Crippen LogP contribution < -0.4 is 5.32 Å². The molecule has 0 aliphatic carbocycles. The lowest BCUT2D eigenvalue weighted by atomic mass is 10.1. The molecule has 0 saturated heterocycles. The first-order chi connectivity index (χ1) is 7.61. The molecule has 0 aromatic heterocycles. The average Bonchev–Trinajstić information content (AvgIpc) is 2.27. The maximum absolute atomic E-state index is 11.1. The van der Waals surface area contributed by atoms with Crippen LogP contribution in [0.15, 0.2) is 24.3 Å². The number of carbonyl (C=O) groups is 2. The fourth-order valence-electron chi connectivity index (χ4n) is 1.42. The van der Waals surface area contributed by atoms with E-state index in [1.165, 1.54) is 6.92 Å². The molecular formula is C13H17NO2. The Balaban J connectivity index is 2.51. The summed E-state index contributed by atoms with van der Waals surface area (Å²) in [4.78, 5) is 21.9. The number of hydrogen-bond acceptors (Lipinski definition) is 2. The van der Waals surface area contributed by atoms with E-state index >= 15 is 0 Å². The topological polar surface area (TPSA) is 46.2 Å². The van der Waals surface area contributed by atoms with Crippen LogP contribution in [-0.4, -0.2) is 11.7 Å². The highest BCUT2D eigenvalue weighted by Gasteiger charge is 2.00. The van der Waals surface area contributed by atoms with E-state index in [2.05, 4.69) is 5.32 Å². The van der Waals surface area contributed by atoms with Gasteiger partial charge in [0.25, 0.3) is 0 Å². The van der Waals surface area contributed by atoms with E-state index in [-0.39, 0.29) is 11.7 Å². The van der Waals surface area contributed by atoms with Crippen molar-refractivity contribution in [1.29, 1.82) is 0 Å². The summed E-state index contributed by atoms with van der Waals surface area (Å²) in [7, 11) is 0. The van der Waals surface area contributed by atoms with Crippen molar-refractivity contribution < 1.29 is 9.59 Å². The largest absolute Gasteiger partial charge is 0.326 e. The van der Waals surface area contributed by atoms with Crippen LogP contribution in [0, 0.1) is 0 Å². The van der Waals surface area contributed by atoms with Gasteiger partial charge in [-0.1, -0.05) is 19.1 Å². The molecule has 0 spiro atoms. The molecule has 0 fully saturated rings. The number of ketones is 1. The standard InChI is InChI=1S/C13H17NO2/c1-3-13(16)9-6-11-4-7-12(8-5-11)14-10(2)15/h4-5,7-8H,3,6,9H2,1-2H3,(H,14,15). The minimum atomic E-state index is -0.0751. The second-order valence-corrected chi connectivity index (χ2v) is 3.77. The number of hydrogen-bond donors (Lipinski definition) is 1. The Bertz CT molecular complexity index is 368. The van der Waals surface area contributed by atoms with Gasteiger partial charge >= 0.3 is 0 Å². The summed E-state index contributed by atoms with van der Waals surface area (Å²) in [6.45, 7) is 3.36. The Morgan fingerprint density at radius 2 is 1.81 bits per heavy atom. The van der Waals surface area contributed by atoms with Crippen LogP contribution in [0.2, 0.25) is 0 Å². The zero-order valence-corrected chi connectivity index (χ0v) is 9.75. The summed E-state index contributed by atoms with van der Waals surface area (Å²) in [6.07, 6.45) is 1.97. The van der Waals surface area contributed by atoms with Crippen LogP contribution in [0.4, 0.5) is 5.69 Å². The molecule has 0 saturated carbocycles. The number of amides is 1. The van der Waals surface area contributed by atoms with Crippen molar-refractivity contribution in [3.8, 4) is 0 Å². The molecule has 3 heteroatoms. The molecular weight excluding hydrogens is 202 g/mol. The van der Waals surface area contributed by atoms with Gasteiger partial charge in [0.05, 0.1) is 0 Å². The number of Topliss-reactive ketones (excluding diaryl/α,β-unsaturated/α-hetero) is 1. The first-order valence-corrected chi connectivity index (χ1v) is 5.50. The molecule has 1 aromatic carbocycles. The van der Waals surface area contributed by atoms with Crippen LogP contribution in [0.25, 0.3) is 0 Å². The molecule has 0 heterocycles. The minimum Gasteiger partial charge on any atom is -0.326 e. The molecule has 0 radical (unpaired) electrons. The monoisotopic (exact) mass is 219 g/mol. The molecule has 1 rings (SSSR count). The second-order valence-electron chi connectivity index (χ2n) is 3.77. The van der Waals surface area contributed by atoms with E-state index in [9.17, 15) is 9.59 Å². The van der Waals surface area contributed by atoms with Crippen molar-refractivity contribution in [2.45, 2.75) is 33.1 Å². The molecule has 1 N–H and O–H groups in total. The predicted octanol–water partition coefficient (Wildman–Crippen LogP) is 2.56. The SMILES string of the molecule is CCC(=O)CCc1ccc(NC(C)=O)cc1. The molecule has 1 amide bonds. The van der Waals surface area contributed by atoms with E-state index in [0.29, 0.717) is 12.8 Å². The van der Waals surface area contributed by atoms with E-state index < -0.39 is 0 Å². The third-order valence-corrected chi connectivity index (χ3v) is 2.36. The Morgan fingerprint density at radius 1 is 1.19 bits per heavy atom. The summed E-state index contributed by atoms with van der Waals surface area (Å²) in [5, 5.41) is 2.70. The van der Waals surface area contributed by atoms with Gasteiger partial charge < -0.3 is 5.32 Å². The predicted molar refractivity (Wildman–Crippen MR) is 64.4 cm³/mol. The molecule has 0 unspecified atom stereocenters. The smallest absolute Gasteiger partial charge is 0.221 e. The van der Waals surface area contributed by atoms with Crippen molar-refractivity contribution in [2.24, 2.45) is 0 Å². The highest BCUT2D eigenvalue weighted by Crippen LogP contribution is 2.11. The minimum absolute atomic E-state index is 0.0751. The Morgan fingerprint density at radius 3 is 2.31 bits per heavy atom. The fraction of sp³-hybridized carbons (Fsp3) is 0.385. The first-order valence-electron chi connectivity index (χ1n) is 5.50. The number of rotatable bonds is 5. The van der Waals surface area contributed by atoms with Crippen LogP contribution in [0.1, 0.15) is 32.3 Å². The Kier molecular flexibility index (Phi) is 4.70. The lowest BCUT2D eigenvalue weighted by Gasteiger charge is -2.04. The molecule has 3 nitrogen and oxygen atoms in total. The van der Waals surface area contributed by atoms with Crippen molar-refractivity contribution in [3.05, 3.63) is 29.8 Å². The summed E-state index contributed by atoms with van der Waals surface area (Å²) >= 11 is 0. The highest BCUT2D eigenvalue weighted by atomic mass is 16.1. The summed E-state index contributed by atoms with van der Waals surface area (Å²) < 4.78 is 0. The van der Waals surface area contributed by atoms with Crippen molar-refractivity contribution in [1.82, 2.24) is 0 Å². The van der Waals surface area contributed by atoms with E-state index in [0.717, 1.165) is 17.7 Å². The summed E-state index contributed by atoms with van der Waals surface area (Å²) in [5.41, 5.74) is 1.91. The van der Waals surface area contributed by atoms with Gasteiger partial charge in [0.1, 0.15) is 5.78 Å². The van der Waals surface area contributed by atoms with Gasteiger partial charge in [-0.3, -0.25) is 9.59 Å². The number of aryl methyl sites for hydroxylation is 1. The maximum Gasteiger partial charge on any atom is 0.221 e. The number of carbonyl (C=O) groups excluding carboxylic acids is 2. The Labute approximate surface area is 95.9 Å². The van der Waals surface area contributed by atoms with E-state index in [4.69, 9.17) is 0 Å². The van der Waals surface area contributed by atoms with Gasteiger partial charge in [0.15, 0.2) is 0 Å². The summed E-state index contributed by atoms with van der Waals surface area (Å²) in [6, 6.07) is 7.59. The van der Waals surface area contributed by atoms with E-state index in [1.807, 2.05) is 31.2 Å². The fourth-order valence-corrected chi connectivity index (χ4v) is 1.42. The summed E-state index contributed by atoms with van der Waals surface area (Å²) in [5.74, 6) is 0.208. The first kappa shape index (κ1) is 12.4. The number of nitrogens with one attached hydrogen (secondary N) is 1.